The first-order valence-corrected chi connectivity index (χ1v) is 10.5. The van der Waals surface area contributed by atoms with E-state index in [2.05, 4.69) is 27.5 Å². The minimum Gasteiger partial charge on any atom is -0.361 e. The normalized spacial score (nSPS) is 11.2. The second-order valence-electron chi connectivity index (χ2n) is 7.56. The number of rotatable bonds is 7. The van der Waals surface area contributed by atoms with Crippen molar-refractivity contribution in [3.63, 3.8) is 0 Å². The van der Waals surface area contributed by atoms with Crippen molar-refractivity contribution in [1.82, 2.24) is 14.8 Å². The number of amides is 1. The van der Waals surface area contributed by atoms with Gasteiger partial charge in [-0.15, -0.1) is 0 Å². The fourth-order valence-corrected chi connectivity index (χ4v) is 4.00. The van der Waals surface area contributed by atoms with Gasteiger partial charge in [0, 0.05) is 28.5 Å². The van der Waals surface area contributed by atoms with Crippen molar-refractivity contribution < 1.29 is 4.79 Å². The minimum absolute atomic E-state index is 0.0123. The summed E-state index contributed by atoms with van der Waals surface area (Å²) in [6, 6.07) is 16.0. The largest absolute Gasteiger partial charge is 0.361 e. The fourth-order valence-electron chi connectivity index (χ4n) is 3.80. The number of hydrogen-bond acceptors (Lipinski definition) is 2. The van der Waals surface area contributed by atoms with E-state index in [1.165, 1.54) is 10.9 Å². The zero-order valence-corrected chi connectivity index (χ0v) is 18.0. The molecular formula is C24H25ClN4O. The van der Waals surface area contributed by atoms with Crippen LogP contribution >= 0.6 is 11.6 Å². The van der Waals surface area contributed by atoms with Gasteiger partial charge in [0.2, 0.25) is 5.91 Å². The molecule has 2 aromatic heterocycles. The highest BCUT2D eigenvalue weighted by Crippen LogP contribution is 2.24. The number of nitrogens with zero attached hydrogens (tertiary/aromatic N) is 2. The highest BCUT2D eigenvalue weighted by Gasteiger charge is 2.15. The van der Waals surface area contributed by atoms with Gasteiger partial charge in [0.25, 0.3) is 0 Å². The van der Waals surface area contributed by atoms with Gasteiger partial charge in [-0.2, -0.15) is 5.10 Å². The van der Waals surface area contributed by atoms with Crippen LogP contribution in [0.25, 0.3) is 10.9 Å². The van der Waals surface area contributed by atoms with Crippen molar-refractivity contribution in [2.45, 2.75) is 39.7 Å². The van der Waals surface area contributed by atoms with Gasteiger partial charge in [-0.1, -0.05) is 48.0 Å². The number of fused-ring (bicyclic) bond motifs is 1. The first-order chi connectivity index (χ1) is 14.5. The number of hydrogen-bond donors (Lipinski definition) is 2. The first-order valence-electron chi connectivity index (χ1n) is 10.1. The molecule has 2 heterocycles. The summed E-state index contributed by atoms with van der Waals surface area (Å²) in [4.78, 5) is 15.8. The molecule has 30 heavy (non-hydrogen) atoms. The third kappa shape index (κ3) is 4.26. The van der Waals surface area contributed by atoms with E-state index in [1.54, 1.807) is 0 Å². The monoisotopic (exact) mass is 420 g/mol. The van der Waals surface area contributed by atoms with Crippen LogP contribution in [0.2, 0.25) is 5.02 Å². The SMILES string of the molecule is Cc1nn(Cc2ccccc2Cl)c(C)c1NC(=O)CCCc1c[nH]c2ccccc12. The first kappa shape index (κ1) is 20.2. The van der Waals surface area contributed by atoms with Crippen LogP contribution in [-0.2, 0) is 17.8 Å². The summed E-state index contributed by atoms with van der Waals surface area (Å²) in [5, 5.41) is 9.59. The van der Waals surface area contributed by atoms with E-state index in [1.807, 2.05) is 61.1 Å². The van der Waals surface area contributed by atoms with Gasteiger partial charge < -0.3 is 10.3 Å². The lowest BCUT2D eigenvalue weighted by atomic mass is 10.1. The number of H-pyrrole nitrogens is 1. The van der Waals surface area contributed by atoms with Crippen molar-refractivity contribution in [3.05, 3.63) is 82.3 Å². The molecule has 0 fully saturated rings. The number of aryl methyl sites for hydroxylation is 2. The Morgan fingerprint density at radius 3 is 2.70 bits per heavy atom. The molecule has 2 aromatic carbocycles. The van der Waals surface area contributed by atoms with Crippen molar-refractivity contribution >= 4 is 34.1 Å². The molecule has 154 valence electrons. The number of aromatic amines is 1. The number of carbonyl (C=O) groups is 1. The van der Waals surface area contributed by atoms with Crippen molar-refractivity contribution in [3.8, 4) is 0 Å². The Morgan fingerprint density at radius 1 is 1.10 bits per heavy atom. The third-order valence-electron chi connectivity index (χ3n) is 5.45. The predicted octanol–water partition coefficient (Wildman–Crippen LogP) is 5.64. The Hall–Kier alpha value is -3.05. The van der Waals surface area contributed by atoms with Crippen LogP contribution in [0.3, 0.4) is 0 Å². The van der Waals surface area contributed by atoms with E-state index in [0.717, 1.165) is 41.0 Å². The second kappa shape index (κ2) is 8.76. The lowest BCUT2D eigenvalue weighted by Crippen LogP contribution is -2.13. The van der Waals surface area contributed by atoms with Crippen LogP contribution in [-0.4, -0.2) is 20.7 Å². The lowest BCUT2D eigenvalue weighted by Gasteiger charge is -2.08. The van der Waals surface area contributed by atoms with Gasteiger partial charge in [-0.25, -0.2) is 0 Å². The lowest BCUT2D eigenvalue weighted by molar-refractivity contribution is -0.116. The average Bonchev–Trinajstić information content (AvgIpc) is 3.26. The Labute approximate surface area is 181 Å². The summed E-state index contributed by atoms with van der Waals surface area (Å²) in [5.41, 5.74) is 5.91. The summed E-state index contributed by atoms with van der Waals surface area (Å²) in [7, 11) is 0. The molecule has 0 atom stereocenters. The average molecular weight is 421 g/mol. The summed E-state index contributed by atoms with van der Waals surface area (Å²) in [5.74, 6) is 0.0123. The van der Waals surface area contributed by atoms with Gasteiger partial charge in [-0.05, 0) is 49.9 Å². The van der Waals surface area contributed by atoms with Crippen LogP contribution in [0.5, 0.6) is 0 Å². The molecule has 4 aromatic rings. The van der Waals surface area contributed by atoms with Gasteiger partial charge in [0.1, 0.15) is 0 Å². The quantitative estimate of drug-likeness (QED) is 0.406. The molecule has 0 saturated heterocycles. The van der Waals surface area contributed by atoms with E-state index < -0.39 is 0 Å². The van der Waals surface area contributed by atoms with Crippen molar-refractivity contribution in [2.75, 3.05) is 5.32 Å². The number of carbonyl (C=O) groups excluding carboxylic acids is 1. The molecule has 0 aliphatic rings. The molecule has 6 heteroatoms. The Bertz CT molecular complexity index is 1190. The van der Waals surface area contributed by atoms with E-state index in [-0.39, 0.29) is 5.91 Å². The Kier molecular flexibility index (Phi) is 5.91. The minimum atomic E-state index is 0.0123. The number of para-hydroxylation sites is 1. The van der Waals surface area contributed by atoms with Gasteiger partial charge in [0.15, 0.2) is 0 Å². The molecule has 4 rings (SSSR count). The van der Waals surface area contributed by atoms with Crippen LogP contribution in [0.1, 0.15) is 35.4 Å². The van der Waals surface area contributed by atoms with E-state index in [9.17, 15) is 4.79 Å². The Morgan fingerprint density at radius 2 is 1.87 bits per heavy atom. The fraction of sp³-hybridized carbons (Fsp3) is 0.250. The highest BCUT2D eigenvalue weighted by atomic mass is 35.5. The molecule has 2 N–H and O–H groups in total. The molecule has 0 aliphatic heterocycles. The van der Waals surface area contributed by atoms with E-state index in [0.29, 0.717) is 18.0 Å². The highest BCUT2D eigenvalue weighted by molar-refractivity contribution is 6.31. The van der Waals surface area contributed by atoms with Crippen LogP contribution in [0.15, 0.2) is 54.7 Å². The second-order valence-corrected chi connectivity index (χ2v) is 7.96. The summed E-state index contributed by atoms with van der Waals surface area (Å²) >= 11 is 6.28. The van der Waals surface area contributed by atoms with Crippen molar-refractivity contribution in [2.24, 2.45) is 0 Å². The summed E-state index contributed by atoms with van der Waals surface area (Å²) < 4.78 is 1.89. The molecule has 0 bridgehead atoms. The number of nitrogens with one attached hydrogen (secondary N) is 2. The molecule has 0 spiro atoms. The molecule has 0 saturated carbocycles. The maximum atomic E-state index is 12.6. The molecule has 0 radical (unpaired) electrons. The summed E-state index contributed by atoms with van der Waals surface area (Å²) in [6.07, 6.45) is 4.16. The van der Waals surface area contributed by atoms with E-state index >= 15 is 0 Å². The maximum absolute atomic E-state index is 12.6. The molecule has 0 unspecified atom stereocenters. The molecule has 0 aliphatic carbocycles. The number of anilines is 1. The van der Waals surface area contributed by atoms with Crippen LogP contribution < -0.4 is 5.32 Å². The smallest absolute Gasteiger partial charge is 0.224 e. The van der Waals surface area contributed by atoms with Gasteiger partial charge in [0.05, 0.1) is 23.6 Å². The summed E-state index contributed by atoms with van der Waals surface area (Å²) in [6.45, 7) is 4.46. The maximum Gasteiger partial charge on any atom is 0.224 e. The zero-order valence-electron chi connectivity index (χ0n) is 17.2. The van der Waals surface area contributed by atoms with Crippen LogP contribution in [0, 0.1) is 13.8 Å². The Balaban J connectivity index is 1.37. The van der Waals surface area contributed by atoms with Gasteiger partial charge in [-0.3, -0.25) is 9.48 Å². The topological polar surface area (TPSA) is 62.7 Å². The number of halogens is 1. The molecule has 1 amide bonds. The third-order valence-corrected chi connectivity index (χ3v) is 5.82. The number of aromatic nitrogens is 3. The van der Waals surface area contributed by atoms with Crippen molar-refractivity contribution in [1.29, 1.82) is 0 Å². The zero-order chi connectivity index (χ0) is 21.1. The molecule has 5 nitrogen and oxygen atoms in total. The molecular weight excluding hydrogens is 396 g/mol. The van der Waals surface area contributed by atoms with Gasteiger partial charge >= 0.3 is 0 Å². The predicted molar refractivity (Wildman–Crippen MR) is 122 cm³/mol. The van der Waals surface area contributed by atoms with E-state index in [4.69, 9.17) is 11.6 Å². The standard InChI is InChI=1S/C24H25ClN4O/c1-16-24(17(2)29(28-16)15-19-8-3-5-11-21(19)25)27-23(30)13-7-9-18-14-26-22-12-6-4-10-20(18)22/h3-6,8,10-12,14,26H,7,9,13,15H2,1-2H3,(H,27,30). The van der Waals surface area contributed by atoms with Crippen LogP contribution in [0.4, 0.5) is 5.69 Å². The number of benzene rings is 2.